The van der Waals surface area contributed by atoms with Crippen molar-refractivity contribution in [2.24, 2.45) is 0 Å². The minimum Gasteiger partial charge on any atom is -0.328 e. The molecule has 0 fully saturated rings. The van der Waals surface area contributed by atoms with E-state index in [0.717, 1.165) is 10.6 Å². The molecule has 0 radical (unpaired) electrons. The summed E-state index contributed by atoms with van der Waals surface area (Å²) in [6.07, 6.45) is 2.03. The highest BCUT2D eigenvalue weighted by Gasteiger charge is 2.20. The van der Waals surface area contributed by atoms with Crippen molar-refractivity contribution in [2.45, 2.75) is 17.9 Å². The first-order valence-corrected chi connectivity index (χ1v) is 10.6. The van der Waals surface area contributed by atoms with Crippen molar-refractivity contribution >= 4 is 34.7 Å². The molecule has 3 aromatic rings. The van der Waals surface area contributed by atoms with Crippen LogP contribution in [0.2, 0.25) is 0 Å². The Kier molecular flexibility index (Phi) is 6.50. The molecule has 3 rings (SSSR count). The average Bonchev–Trinajstić information content (AvgIpc) is 3.18. The maximum absolute atomic E-state index is 12.4. The first kappa shape index (κ1) is 18.7. The lowest BCUT2D eigenvalue weighted by atomic mass is 10.0. The number of aryl methyl sites for hydroxylation is 1. The molecular weight excluding hydrogens is 360 g/mol. The van der Waals surface area contributed by atoms with Crippen molar-refractivity contribution in [1.29, 1.82) is 0 Å². The number of hydrogen-bond donors (Lipinski definition) is 2. The predicted octanol–water partition coefficient (Wildman–Crippen LogP) is 4.07. The van der Waals surface area contributed by atoms with Crippen LogP contribution in [0.15, 0.2) is 70.9 Å². The van der Waals surface area contributed by atoms with Crippen LogP contribution in [-0.2, 0) is 4.79 Å². The first-order valence-electron chi connectivity index (χ1n) is 8.53. The minimum atomic E-state index is 0.0110. The molecule has 1 aromatic heterocycles. The van der Waals surface area contributed by atoms with Gasteiger partial charge in [0.1, 0.15) is 6.04 Å². The van der Waals surface area contributed by atoms with Crippen LogP contribution in [0.25, 0.3) is 0 Å². The third-order valence-electron chi connectivity index (χ3n) is 4.18. The lowest BCUT2D eigenvalue weighted by Crippen LogP contribution is -2.87. The van der Waals surface area contributed by atoms with E-state index in [9.17, 15) is 4.79 Å². The molecule has 134 valence electrons. The van der Waals surface area contributed by atoms with E-state index in [2.05, 4.69) is 59.3 Å². The van der Waals surface area contributed by atoms with Gasteiger partial charge in [0, 0.05) is 16.1 Å². The number of carbonyl (C=O) groups is 1. The lowest BCUT2D eigenvalue weighted by molar-refractivity contribution is -0.675. The van der Waals surface area contributed by atoms with Crippen molar-refractivity contribution in [3.8, 4) is 0 Å². The molecule has 0 bridgehead atoms. The van der Waals surface area contributed by atoms with Gasteiger partial charge in [0.05, 0.1) is 4.88 Å². The van der Waals surface area contributed by atoms with Crippen LogP contribution in [0, 0.1) is 6.92 Å². The molecule has 0 spiro atoms. The number of benzene rings is 2. The molecule has 1 atom stereocenters. The van der Waals surface area contributed by atoms with Crippen molar-refractivity contribution in [3.05, 3.63) is 82.0 Å². The Hall–Kier alpha value is -2.08. The Morgan fingerprint density at radius 1 is 1.15 bits per heavy atom. The summed E-state index contributed by atoms with van der Waals surface area (Å²) >= 11 is 3.39. The maximum atomic E-state index is 12.4. The van der Waals surface area contributed by atoms with Gasteiger partial charge in [0.2, 0.25) is 0 Å². The average molecular weight is 384 g/mol. The molecule has 1 heterocycles. The maximum Gasteiger partial charge on any atom is 0.279 e. The van der Waals surface area contributed by atoms with E-state index >= 15 is 0 Å². The molecule has 0 aliphatic carbocycles. The number of anilines is 1. The Balaban J connectivity index is 1.67. The summed E-state index contributed by atoms with van der Waals surface area (Å²) in [5.41, 5.74) is 3.30. The number of nitrogens with two attached hydrogens (primary N) is 1. The summed E-state index contributed by atoms with van der Waals surface area (Å²) < 4.78 is 0. The molecule has 0 saturated carbocycles. The second kappa shape index (κ2) is 9.03. The second-order valence-corrected chi connectivity index (χ2v) is 7.98. The van der Waals surface area contributed by atoms with E-state index < -0.39 is 0 Å². The van der Waals surface area contributed by atoms with Gasteiger partial charge in [0.25, 0.3) is 5.91 Å². The molecule has 3 N–H and O–H groups in total. The largest absolute Gasteiger partial charge is 0.328 e. The van der Waals surface area contributed by atoms with E-state index in [1.165, 1.54) is 16.0 Å². The van der Waals surface area contributed by atoms with E-state index in [-0.39, 0.29) is 11.9 Å². The van der Waals surface area contributed by atoms with Gasteiger partial charge in [-0.1, -0.05) is 42.0 Å². The fourth-order valence-electron chi connectivity index (χ4n) is 2.80. The van der Waals surface area contributed by atoms with E-state index in [0.29, 0.717) is 6.54 Å². The van der Waals surface area contributed by atoms with Crippen LogP contribution < -0.4 is 10.6 Å². The van der Waals surface area contributed by atoms with Gasteiger partial charge in [-0.05, 0) is 42.8 Å². The molecule has 1 amide bonds. The molecule has 3 nitrogen and oxygen atoms in total. The summed E-state index contributed by atoms with van der Waals surface area (Å²) in [5, 5.41) is 7.18. The Bertz CT molecular complexity index is 845. The van der Waals surface area contributed by atoms with Gasteiger partial charge in [-0.15, -0.1) is 23.1 Å². The molecule has 26 heavy (non-hydrogen) atoms. The van der Waals surface area contributed by atoms with E-state index in [4.69, 9.17) is 0 Å². The Labute approximate surface area is 162 Å². The van der Waals surface area contributed by atoms with Crippen LogP contribution in [0.3, 0.4) is 0 Å². The molecule has 0 aliphatic rings. The molecule has 0 unspecified atom stereocenters. The molecule has 2 aromatic carbocycles. The molecule has 0 saturated heterocycles. The fraction of sp³-hybridized carbons (Fsp3) is 0.190. The number of thioether (sulfide) groups is 1. The molecule has 0 aliphatic heterocycles. The second-order valence-electron chi connectivity index (χ2n) is 6.12. The summed E-state index contributed by atoms with van der Waals surface area (Å²) in [5.74, 6) is 0.0110. The smallest absolute Gasteiger partial charge is 0.279 e. The predicted molar refractivity (Wildman–Crippen MR) is 111 cm³/mol. The third kappa shape index (κ3) is 4.97. The van der Waals surface area contributed by atoms with Crippen LogP contribution >= 0.6 is 23.1 Å². The first-order chi connectivity index (χ1) is 12.7. The van der Waals surface area contributed by atoms with Gasteiger partial charge >= 0.3 is 0 Å². The number of hydrogen-bond acceptors (Lipinski definition) is 3. The highest BCUT2D eigenvalue weighted by Crippen LogP contribution is 2.23. The lowest BCUT2D eigenvalue weighted by Gasteiger charge is -2.15. The van der Waals surface area contributed by atoms with E-state index in [1.807, 2.05) is 30.5 Å². The Morgan fingerprint density at radius 3 is 2.65 bits per heavy atom. The van der Waals surface area contributed by atoms with Gasteiger partial charge in [-0.2, -0.15) is 0 Å². The van der Waals surface area contributed by atoms with Crippen LogP contribution in [0.5, 0.6) is 0 Å². The van der Waals surface area contributed by atoms with Crippen LogP contribution in [0.4, 0.5) is 5.69 Å². The quantitative estimate of drug-likeness (QED) is 0.604. The highest BCUT2D eigenvalue weighted by atomic mass is 32.2. The molecule has 5 heteroatoms. The zero-order valence-corrected chi connectivity index (χ0v) is 16.6. The minimum absolute atomic E-state index is 0.0110. The number of rotatable bonds is 7. The summed E-state index contributed by atoms with van der Waals surface area (Å²) in [7, 11) is 0. The van der Waals surface area contributed by atoms with Gasteiger partial charge in [-0.3, -0.25) is 4.79 Å². The number of thiophene rings is 1. The normalized spacial score (nSPS) is 11.9. The fourth-order valence-corrected chi connectivity index (χ4v) is 4.11. The van der Waals surface area contributed by atoms with E-state index in [1.54, 1.807) is 23.1 Å². The molecular formula is C21H23N2OS2+. The number of quaternary nitrogens is 1. The standard InChI is InChI=1S/C21H22N2OS2/c1-15-8-10-16(11-9-15)21(19-7-4-12-26-19)22-14-20(24)23-17-5-3-6-18(13-17)25-2/h3-13,21-22H,14H2,1-2H3,(H,23,24)/p+1/t21-/m0/s1. The van der Waals surface area contributed by atoms with Crippen molar-refractivity contribution in [2.75, 3.05) is 18.1 Å². The zero-order chi connectivity index (χ0) is 18.4. The topological polar surface area (TPSA) is 45.7 Å². The summed E-state index contributed by atoms with van der Waals surface area (Å²) in [6, 6.07) is 20.8. The van der Waals surface area contributed by atoms with Gasteiger partial charge < -0.3 is 10.6 Å². The van der Waals surface area contributed by atoms with Crippen molar-refractivity contribution in [1.82, 2.24) is 0 Å². The van der Waals surface area contributed by atoms with Gasteiger partial charge in [-0.25, -0.2) is 0 Å². The van der Waals surface area contributed by atoms with Crippen molar-refractivity contribution < 1.29 is 10.1 Å². The van der Waals surface area contributed by atoms with Crippen molar-refractivity contribution in [3.63, 3.8) is 0 Å². The zero-order valence-electron chi connectivity index (χ0n) is 14.9. The third-order valence-corrected chi connectivity index (χ3v) is 5.86. The number of nitrogens with one attached hydrogen (secondary N) is 1. The van der Waals surface area contributed by atoms with Crippen LogP contribution in [-0.4, -0.2) is 18.7 Å². The highest BCUT2D eigenvalue weighted by molar-refractivity contribution is 7.98. The van der Waals surface area contributed by atoms with Crippen LogP contribution in [0.1, 0.15) is 22.0 Å². The number of amides is 1. The summed E-state index contributed by atoms with van der Waals surface area (Å²) in [6.45, 7) is 2.46. The summed E-state index contributed by atoms with van der Waals surface area (Å²) in [4.78, 5) is 14.8. The van der Waals surface area contributed by atoms with Gasteiger partial charge in [0.15, 0.2) is 6.54 Å². The monoisotopic (exact) mass is 383 g/mol. The Morgan fingerprint density at radius 2 is 1.96 bits per heavy atom. The number of carbonyl (C=O) groups excluding carboxylic acids is 1. The SMILES string of the molecule is CSc1cccc(NC(=O)C[NH2+][C@@H](c2ccc(C)cc2)c2cccs2)c1.